The number of rotatable bonds is 9. The summed E-state index contributed by atoms with van der Waals surface area (Å²) in [4.78, 5) is 40.7. The quantitative estimate of drug-likeness (QED) is 0.449. The lowest BCUT2D eigenvalue weighted by molar-refractivity contribution is -0.141. The molecule has 0 aromatic heterocycles. The van der Waals surface area contributed by atoms with E-state index in [0.717, 1.165) is 9.87 Å². The molecule has 1 N–H and O–H groups in total. The van der Waals surface area contributed by atoms with Crippen molar-refractivity contribution in [3.05, 3.63) is 101 Å². The molecule has 8 nitrogen and oxygen atoms in total. The van der Waals surface area contributed by atoms with Gasteiger partial charge in [-0.25, -0.2) is 12.7 Å². The van der Waals surface area contributed by atoms with Gasteiger partial charge in [-0.3, -0.25) is 14.4 Å². The highest BCUT2D eigenvalue weighted by molar-refractivity contribution is 7.90. The number of fused-ring (bicyclic) bond motifs is 1. The maximum absolute atomic E-state index is 13.6. The first-order valence-electron chi connectivity index (χ1n) is 11.7. The van der Waals surface area contributed by atoms with E-state index in [1.807, 2.05) is 30.3 Å². The Labute approximate surface area is 220 Å². The summed E-state index contributed by atoms with van der Waals surface area (Å²) >= 11 is 6.15. The van der Waals surface area contributed by atoms with Crippen LogP contribution in [0, 0.1) is 0 Å². The fourth-order valence-corrected chi connectivity index (χ4v) is 6.13. The number of halogens is 1. The third kappa shape index (κ3) is 5.68. The van der Waals surface area contributed by atoms with E-state index in [1.165, 1.54) is 24.1 Å². The van der Waals surface area contributed by atoms with Crippen LogP contribution in [0.5, 0.6) is 0 Å². The van der Waals surface area contributed by atoms with Crippen molar-refractivity contribution in [3.8, 4) is 0 Å². The molecule has 0 aliphatic carbocycles. The van der Waals surface area contributed by atoms with Gasteiger partial charge in [-0.1, -0.05) is 66.2 Å². The summed E-state index contributed by atoms with van der Waals surface area (Å²) < 4.78 is 26.6. The second-order valence-electron chi connectivity index (χ2n) is 8.60. The van der Waals surface area contributed by atoms with Crippen molar-refractivity contribution < 1.29 is 22.8 Å². The molecular weight excluding hydrogens is 514 g/mol. The Bertz CT molecular complexity index is 1430. The van der Waals surface area contributed by atoms with E-state index in [9.17, 15) is 22.8 Å². The Morgan fingerprint density at radius 3 is 2.32 bits per heavy atom. The molecule has 0 saturated heterocycles. The molecule has 0 fully saturated rings. The summed E-state index contributed by atoms with van der Waals surface area (Å²) in [5.74, 6) is -1.50. The van der Waals surface area contributed by atoms with Crippen molar-refractivity contribution in [3.63, 3.8) is 0 Å². The molecule has 0 saturated carbocycles. The Morgan fingerprint density at radius 2 is 1.65 bits per heavy atom. The van der Waals surface area contributed by atoms with E-state index >= 15 is 0 Å². The van der Waals surface area contributed by atoms with Gasteiger partial charge < -0.3 is 10.2 Å². The number of benzene rings is 3. The minimum absolute atomic E-state index is 0.0736. The molecule has 0 spiro atoms. The van der Waals surface area contributed by atoms with Gasteiger partial charge in [0, 0.05) is 38.0 Å². The first-order chi connectivity index (χ1) is 17.7. The van der Waals surface area contributed by atoms with E-state index in [-0.39, 0.29) is 42.3 Å². The SMILES string of the molecule is CNC(=O)C(Cc1ccccc1)N(Cc1cccc(Cl)c1)C(=O)CCN1C(=O)c2ccccc2S1(=O)=O. The van der Waals surface area contributed by atoms with Crippen LogP contribution in [0.25, 0.3) is 0 Å². The molecule has 10 heteroatoms. The lowest BCUT2D eigenvalue weighted by Crippen LogP contribution is -2.50. The molecule has 3 aromatic rings. The smallest absolute Gasteiger partial charge is 0.269 e. The van der Waals surface area contributed by atoms with Gasteiger partial charge in [0.15, 0.2) is 0 Å². The Morgan fingerprint density at radius 1 is 0.973 bits per heavy atom. The van der Waals surface area contributed by atoms with Crippen LogP contribution in [0.15, 0.2) is 83.8 Å². The van der Waals surface area contributed by atoms with Gasteiger partial charge in [-0.15, -0.1) is 0 Å². The average molecular weight is 540 g/mol. The number of likely N-dealkylation sites (N-methyl/N-ethyl adjacent to an activating group) is 1. The van der Waals surface area contributed by atoms with Crippen molar-refractivity contribution in [2.24, 2.45) is 0 Å². The Hall–Kier alpha value is -3.69. The van der Waals surface area contributed by atoms with Crippen molar-refractivity contribution >= 4 is 39.3 Å². The second-order valence-corrected chi connectivity index (χ2v) is 10.9. The van der Waals surface area contributed by atoms with Crippen molar-refractivity contribution in [1.82, 2.24) is 14.5 Å². The summed E-state index contributed by atoms with van der Waals surface area (Å²) in [7, 11) is -2.56. The fraction of sp³-hybridized carbons (Fsp3) is 0.222. The molecule has 1 aliphatic heterocycles. The molecule has 3 amide bonds. The summed E-state index contributed by atoms with van der Waals surface area (Å²) in [5, 5.41) is 3.11. The number of nitrogens with one attached hydrogen (secondary N) is 1. The molecule has 1 atom stereocenters. The van der Waals surface area contributed by atoms with Crippen LogP contribution >= 0.6 is 11.6 Å². The molecule has 0 radical (unpaired) electrons. The fourth-order valence-electron chi connectivity index (χ4n) is 4.35. The number of sulfonamides is 1. The zero-order chi connectivity index (χ0) is 26.6. The van der Waals surface area contributed by atoms with Gasteiger partial charge in [-0.2, -0.15) is 0 Å². The first-order valence-corrected chi connectivity index (χ1v) is 13.5. The number of amides is 3. The summed E-state index contributed by atoms with van der Waals surface area (Å²) in [6.07, 6.45) is -0.0407. The molecule has 37 heavy (non-hydrogen) atoms. The monoisotopic (exact) mass is 539 g/mol. The van der Waals surface area contributed by atoms with E-state index in [1.54, 1.807) is 36.4 Å². The van der Waals surface area contributed by atoms with Crippen molar-refractivity contribution in [2.75, 3.05) is 13.6 Å². The lowest BCUT2D eigenvalue weighted by atomic mass is 10.0. The standard InChI is InChI=1S/C27H26ClN3O5S/c1-29-26(33)23(17-19-8-3-2-4-9-19)30(18-20-10-7-11-21(28)16-20)25(32)14-15-31-27(34)22-12-5-6-13-24(22)37(31,35)36/h2-13,16,23H,14-15,17-18H2,1H3,(H,29,33). The van der Waals surface area contributed by atoms with Crippen molar-refractivity contribution in [2.45, 2.75) is 30.3 Å². The van der Waals surface area contributed by atoms with Gasteiger partial charge in [0.05, 0.1) is 5.56 Å². The second kappa shape index (κ2) is 11.1. The Kier molecular flexibility index (Phi) is 7.94. The summed E-state index contributed by atoms with van der Waals surface area (Å²) in [5.41, 5.74) is 1.64. The van der Waals surface area contributed by atoms with Crippen LogP contribution < -0.4 is 5.32 Å². The average Bonchev–Trinajstić information content (AvgIpc) is 3.09. The van der Waals surface area contributed by atoms with E-state index < -0.39 is 27.9 Å². The number of hydrogen-bond acceptors (Lipinski definition) is 5. The van der Waals surface area contributed by atoms with Crippen LogP contribution in [0.2, 0.25) is 5.02 Å². The van der Waals surface area contributed by atoms with Crippen LogP contribution in [0.4, 0.5) is 0 Å². The predicted octanol–water partition coefficient (Wildman–Crippen LogP) is 3.26. The molecule has 3 aromatic carbocycles. The third-order valence-corrected chi connectivity index (χ3v) is 8.28. The van der Waals surface area contributed by atoms with Gasteiger partial charge in [0.25, 0.3) is 15.9 Å². The maximum Gasteiger partial charge on any atom is 0.269 e. The maximum atomic E-state index is 13.6. The van der Waals surface area contributed by atoms with E-state index in [4.69, 9.17) is 11.6 Å². The van der Waals surface area contributed by atoms with Crippen LogP contribution in [0.1, 0.15) is 27.9 Å². The predicted molar refractivity (Wildman–Crippen MR) is 139 cm³/mol. The topological polar surface area (TPSA) is 104 Å². The molecule has 1 aliphatic rings. The van der Waals surface area contributed by atoms with Gasteiger partial charge >= 0.3 is 0 Å². The number of carbonyl (C=O) groups excluding carboxylic acids is 3. The van der Waals surface area contributed by atoms with Crippen LogP contribution in [0.3, 0.4) is 0 Å². The number of hydrogen-bond donors (Lipinski definition) is 1. The van der Waals surface area contributed by atoms with E-state index in [2.05, 4.69) is 5.32 Å². The molecule has 1 heterocycles. The van der Waals surface area contributed by atoms with Gasteiger partial charge in [0.2, 0.25) is 11.8 Å². The van der Waals surface area contributed by atoms with Crippen molar-refractivity contribution in [1.29, 1.82) is 0 Å². The largest absolute Gasteiger partial charge is 0.357 e. The number of nitrogens with zero attached hydrogens (tertiary/aromatic N) is 2. The highest BCUT2D eigenvalue weighted by Crippen LogP contribution is 2.30. The van der Waals surface area contributed by atoms with E-state index in [0.29, 0.717) is 10.6 Å². The lowest BCUT2D eigenvalue weighted by Gasteiger charge is -2.31. The van der Waals surface area contributed by atoms with Crippen LogP contribution in [-0.2, 0) is 32.6 Å². The van der Waals surface area contributed by atoms with Gasteiger partial charge in [-0.05, 0) is 35.4 Å². The summed E-state index contributed by atoms with van der Waals surface area (Å²) in [6.45, 7) is -0.266. The molecule has 0 bridgehead atoms. The zero-order valence-corrected chi connectivity index (χ0v) is 21.7. The first kappa shape index (κ1) is 26.4. The minimum atomic E-state index is -4.05. The molecular formula is C27H26ClN3O5S. The highest BCUT2D eigenvalue weighted by Gasteiger charge is 2.41. The van der Waals surface area contributed by atoms with Gasteiger partial charge in [0.1, 0.15) is 10.9 Å². The third-order valence-electron chi connectivity index (χ3n) is 6.20. The Balaban J connectivity index is 1.61. The normalized spacial score (nSPS) is 14.6. The summed E-state index contributed by atoms with van der Waals surface area (Å²) in [6, 6.07) is 21.3. The zero-order valence-electron chi connectivity index (χ0n) is 20.1. The molecule has 4 rings (SSSR count). The minimum Gasteiger partial charge on any atom is -0.357 e. The molecule has 1 unspecified atom stereocenters. The molecule has 192 valence electrons. The van der Waals surface area contributed by atoms with Crippen LogP contribution in [-0.4, -0.2) is 55.0 Å². The number of carbonyl (C=O) groups is 3. The highest BCUT2D eigenvalue weighted by atomic mass is 35.5.